The number of hydrogen-bond acceptors (Lipinski definition) is 2. The van der Waals surface area contributed by atoms with Crippen LogP contribution in [0.2, 0.25) is 0 Å². The monoisotopic (exact) mass is 257 g/mol. The third-order valence-electron chi connectivity index (χ3n) is 1.55. The van der Waals surface area contributed by atoms with E-state index in [2.05, 4.69) is 22.5 Å². The molecule has 0 saturated carbocycles. The maximum Gasteiger partial charge on any atom is 0.0463 e. The van der Waals surface area contributed by atoms with Gasteiger partial charge in [0.2, 0.25) is 0 Å². The SMILES string of the molecule is C=CCCSc1ccc(Br)cc1N. The minimum Gasteiger partial charge on any atom is -0.398 e. The summed E-state index contributed by atoms with van der Waals surface area (Å²) >= 11 is 5.14. The smallest absolute Gasteiger partial charge is 0.0463 e. The Balaban J connectivity index is 2.61. The second kappa shape index (κ2) is 5.35. The first-order valence-corrected chi connectivity index (χ1v) is 5.80. The lowest BCUT2D eigenvalue weighted by Gasteiger charge is -2.04. The molecule has 0 fully saturated rings. The molecule has 0 aromatic heterocycles. The van der Waals surface area contributed by atoms with Crippen LogP contribution >= 0.6 is 27.7 Å². The van der Waals surface area contributed by atoms with Crippen molar-refractivity contribution in [3.8, 4) is 0 Å². The van der Waals surface area contributed by atoms with Crippen molar-refractivity contribution < 1.29 is 0 Å². The zero-order chi connectivity index (χ0) is 9.68. The van der Waals surface area contributed by atoms with Gasteiger partial charge in [-0.2, -0.15) is 0 Å². The van der Waals surface area contributed by atoms with Crippen LogP contribution in [0.5, 0.6) is 0 Å². The quantitative estimate of drug-likeness (QED) is 0.385. The van der Waals surface area contributed by atoms with E-state index in [4.69, 9.17) is 5.73 Å². The Morgan fingerprint density at radius 3 is 2.92 bits per heavy atom. The zero-order valence-electron chi connectivity index (χ0n) is 7.29. The number of anilines is 1. The number of halogens is 1. The van der Waals surface area contributed by atoms with Gasteiger partial charge in [-0.1, -0.05) is 22.0 Å². The van der Waals surface area contributed by atoms with Crippen LogP contribution in [0.25, 0.3) is 0 Å². The van der Waals surface area contributed by atoms with Crippen molar-refractivity contribution >= 4 is 33.4 Å². The highest BCUT2D eigenvalue weighted by molar-refractivity contribution is 9.10. The molecule has 0 saturated heterocycles. The van der Waals surface area contributed by atoms with Gasteiger partial charge in [0.15, 0.2) is 0 Å². The molecule has 1 aromatic carbocycles. The molecule has 0 heterocycles. The lowest BCUT2D eigenvalue weighted by atomic mass is 10.3. The van der Waals surface area contributed by atoms with Gasteiger partial charge in [0.1, 0.15) is 0 Å². The van der Waals surface area contributed by atoms with Gasteiger partial charge in [0, 0.05) is 20.8 Å². The van der Waals surface area contributed by atoms with E-state index in [0.717, 1.165) is 27.2 Å². The zero-order valence-corrected chi connectivity index (χ0v) is 9.70. The molecule has 3 heteroatoms. The molecule has 70 valence electrons. The van der Waals surface area contributed by atoms with E-state index in [9.17, 15) is 0 Å². The van der Waals surface area contributed by atoms with E-state index < -0.39 is 0 Å². The molecule has 0 atom stereocenters. The third kappa shape index (κ3) is 3.44. The molecular weight excluding hydrogens is 246 g/mol. The molecule has 13 heavy (non-hydrogen) atoms. The Hall–Kier alpha value is -0.410. The number of rotatable bonds is 4. The average Bonchev–Trinajstić information content (AvgIpc) is 2.09. The van der Waals surface area contributed by atoms with Crippen LogP contribution < -0.4 is 5.73 Å². The van der Waals surface area contributed by atoms with Crippen molar-refractivity contribution in [1.82, 2.24) is 0 Å². The second-order valence-electron chi connectivity index (χ2n) is 2.61. The summed E-state index contributed by atoms with van der Waals surface area (Å²) in [5, 5.41) is 0. The Bertz CT molecular complexity index is 299. The van der Waals surface area contributed by atoms with Gasteiger partial charge in [-0.25, -0.2) is 0 Å². The lowest BCUT2D eigenvalue weighted by Crippen LogP contribution is -1.88. The molecule has 0 bridgehead atoms. The summed E-state index contributed by atoms with van der Waals surface area (Å²) in [7, 11) is 0. The summed E-state index contributed by atoms with van der Waals surface area (Å²) in [6, 6.07) is 5.97. The van der Waals surface area contributed by atoms with E-state index in [1.165, 1.54) is 0 Å². The van der Waals surface area contributed by atoms with Crippen molar-refractivity contribution in [3.05, 3.63) is 35.3 Å². The molecule has 0 aliphatic rings. The first kappa shape index (κ1) is 10.7. The van der Waals surface area contributed by atoms with E-state index in [0.29, 0.717) is 0 Å². The predicted molar refractivity (Wildman–Crippen MR) is 64.1 cm³/mol. The van der Waals surface area contributed by atoms with Crippen molar-refractivity contribution in [1.29, 1.82) is 0 Å². The average molecular weight is 258 g/mol. The van der Waals surface area contributed by atoms with Crippen LogP contribution in [0, 0.1) is 0 Å². The number of nitrogens with two attached hydrogens (primary N) is 1. The lowest BCUT2D eigenvalue weighted by molar-refractivity contribution is 1.24. The minimum absolute atomic E-state index is 0.837. The molecule has 0 aliphatic heterocycles. The number of thioether (sulfide) groups is 1. The first-order chi connectivity index (χ1) is 6.24. The van der Waals surface area contributed by atoms with Crippen LogP contribution in [-0.4, -0.2) is 5.75 Å². The summed E-state index contributed by atoms with van der Waals surface area (Å²) < 4.78 is 1.03. The molecular formula is C10H12BrNS. The van der Waals surface area contributed by atoms with Gasteiger partial charge in [-0.05, 0) is 24.6 Å². The summed E-state index contributed by atoms with van der Waals surface area (Å²) in [5.74, 6) is 1.04. The van der Waals surface area contributed by atoms with Gasteiger partial charge in [0.05, 0.1) is 0 Å². The van der Waals surface area contributed by atoms with E-state index >= 15 is 0 Å². The molecule has 0 amide bonds. The van der Waals surface area contributed by atoms with Gasteiger partial charge in [0.25, 0.3) is 0 Å². The van der Waals surface area contributed by atoms with Crippen molar-refractivity contribution in [2.75, 3.05) is 11.5 Å². The van der Waals surface area contributed by atoms with Crippen molar-refractivity contribution in [2.24, 2.45) is 0 Å². The molecule has 2 N–H and O–H groups in total. The fraction of sp³-hybridized carbons (Fsp3) is 0.200. The van der Waals surface area contributed by atoms with Crippen molar-refractivity contribution in [2.45, 2.75) is 11.3 Å². The van der Waals surface area contributed by atoms with Crippen LogP contribution in [0.4, 0.5) is 5.69 Å². The summed E-state index contributed by atoms with van der Waals surface area (Å²) in [6.45, 7) is 3.68. The van der Waals surface area contributed by atoms with Gasteiger partial charge in [-0.15, -0.1) is 18.3 Å². The first-order valence-electron chi connectivity index (χ1n) is 4.02. The predicted octanol–water partition coefficient (Wildman–Crippen LogP) is 3.70. The number of hydrogen-bond donors (Lipinski definition) is 1. The number of allylic oxidation sites excluding steroid dienone is 1. The molecule has 0 unspecified atom stereocenters. The second-order valence-corrected chi connectivity index (χ2v) is 4.66. The normalized spacial score (nSPS) is 9.92. The standard InChI is InChI=1S/C10H12BrNS/c1-2-3-6-13-10-5-4-8(11)7-9(10)12/h2,4-5,7H,1,3,6,12H2. The van der Waals surface area contributed by atoms with E-state index in [-0.39, 0.29) is 0 Å². The van der Waals surface area contributed by atoms with E-state index in [1.54, 1.807) is 11.8 Å². The Kier molecular flexibility index (Phi) is 4.39. The highest BCUT2D eigenvalue weighted by Gasteiger charge is 1.99. The maximum atomic E-state index is 5.83. The van der Waals surface area contributed by atoms with Gasteiger partial charge < -0.3 is 5.73 Å². The number of benzene rings is 1. The maximum absolute atomic E-state index is 5.83. The minimum atomic E-state index is 0.837. The van der Waals surface area contributed by atoms with Gasteiger partial charge >= 0.3 is 0 Å². The van der Waals surface area contributed by atoms with Crippen molar-refractivity contribution in [3.63, 3.8) is 0 Å². The highest BCUT2D eigenvalue weighted by Crippen LogP contribution is 2.28. The number of nitrogen functional groups attached to an aromatic ring is 1. The van der Waals surface area contributed by atoms with E-state index in [1.807, 2.05) is 24.3 Å². The molecule has 1 aromatic rings. The van der Waals surface area contributed by atoms with Crippen LogP contribution in [0.3, 0.4) is 0 Å². The summed E-state index contributed by atoms with van der Waals surface area (Å²) in [6.07, 6.45) is 2.93. The highest BCUT2D eigenvalue weighted by atomic mass is 79.9. The fourth-order valence-corrected chi connectivity index (χ4v) is 2.18. The Labute approximate surface area is 91.5 Å². The Morgan fingerprint density at radius 2 is 2.31 bits per heavy atom. The fourth-order valence-electron chi connectivity index (χ4n) is 0.903. The molecule has 1 rings (SSSR count). The third-order valence-corrected chi connectivity index (χ3v) is 3.17. The molecule has 1 nitrogen and oxygen atoms in total. The summed E-state index contributed by atoms with van der Waals surface area (Å²) in [5.41, 5.74) is 6.66. The molecule has 0 aliphatic carbocycles. The molecule has 0 spiro atoms. The Morgan fingerprint density at radius 1 is 1.54 bits per heavy atom. The van der Waals surface area contributed by atoms with Crippen LogP contribution in [-0.2, 0) is 0 Å². The van der Waals surface area contributed by atoms with Crippen LogP contribution in [0.1, 0.15) is 6.42 Å². The topological polar surface area (TPSA) is 26.0 Å². The largest absolute Gasteiger partial charge is 0.398 e. The molecule has 0 radical (unpaired) electrons. The van der Waals surface area contributed by atoms with Crippen LogP contribution in [0.15, 0.2) is 40.2 Å². The van der Waals surface area contributed by atoms with Gasteiger partial charge in [-0.3, -0.25) is 0 Å². The summed E-state index contributed by atoms with van der Waals surface area (Å²) in [4.78, 5) is 1.14.